The number of ether oxygens (including phenoxy) is 1. The number of hydrogen-bond donors (Lipinski definition) is 0. The van der Waals surface area contributed by atoms with Crippen LogP contribution in [0, 0.1) is 6.92 Å². The van der Waals surface area contributed by atoms with Crippen molar-refractivity contribution < 1.29 is 14.1 Å². The zero-order valence-electron chi connectivity index (χ0n) is 16.4. The Morgan fingerprint density at radius 2 is 1.54 bits per heavy atom. The number of imidazole rings is 1. The maximum atomic E-state index is 12.6. The molecule has 0 amide bonds. The highest BCUT2D eigenvalue weighted by Crippen LogP contribution is 2.15. The smallest absolute Gasteiger partial charge is 0.331 e. The Bertz CT molecular complexity index is 1040. The quantitative estimate of drug-likeness (QED) is 0.308. The molecule has 28 heavy (non-hydrogen) atoms. The van der Waals surface area contributed by atoms with Gasteiger partial charge in [0, 0.05) is 5.56 Å². The topological polar surface area (TPSA) is 35.1 Å². The standard InChI is InChI=1S/C16H15N2O.C8H9O/c1-17-13-10-6-7-11-14(13)18(2)16(17)15(19)12-8-4-3-5-9-12;1-7-3-5-8(9-2)6-4-7/h3-11H,1-2H3;3-6H,1H2,2H3/q+1;-1. The van der Waals surface area contributed by atoms with Gasteiger partial charge >= 0.3 is 5.82 Å². The number of hydrogen-bond acceptors (Lipinski definition) is 2. The third kappa shape index (κ3) is 3.91. The molecule has 0 bridgehead atoms. The molecule has 0 saturated carbocycles. The molecule has 0 spiro atoms. The second kappa shape index (κ2) is 8.44. The van der Waals surface area contributed by atoms with E-state index in [-0.39, 0.29) is 5.78 Å². The van der Waals surface area contributed by atoms with Crippen LogP contribution >= 0.6 is 0 Å². The first-order chi connectivity index (χ1) is 13.5. The zero-order chi connectivity index (χ0) is 20.1. The summed E-state index contributed by atoms with van der Waals surface area (Å²) < 4.78 is 8.84. The van der Waals surface area contributed by atoms with Crippen molar-refractivity contribution in [2.75, 3.05) is 7.11 Å². The summed E-state index contributed by atoms with van der Waals surface area (Å²) in [5.74, 6) is 1.61. The number of aromatic nitrogens is 2. The van der Waals surface area contributed by atoms with Gasteiger partial charge in [-0.1, -0.05) is 54.6 Å². The normalized spacial score (nSPS) is 10.2. The van der Waals surface area contributed by atoms with Crippen LogP contribution in [0.1, 0.15) is 21.7 Å². The van der Waals surface area contributed by atoms with Gasteiger partial charge < -0.3 is 4.74 Å². The lowest BCUT2D eigenvalue weighted by Gasteiger charge is -2.02. The summed E-state index contributed by atoms with van der Waals surface area (Å²) in [6, 6.07) is 25.0. The van der Waals surface area contributed by atoms with E-state index in [9.17, 15) is 4.79 Å². The van der Waals surface area contributed by atoms with Crippen LogP contribution in [0.15, 0.2) is 78.9 Å². The first kappa shape index (κ1) is 19.2. The van der Waals surface area contributed by atoms with Crippen LogP contribution in [0.3, 0.4) is 0 Å². The Hall–Kier alpha value is -3.53. The number of nitrogens with zero attached hydrogens (tertiary/aromatic N) is 2. The lowest BCUT2D eigenvalue weighted by Crippen LogP contribution is -2.36. The molecule has 142 valence electrons. The lowest BCUT2D eigenvalue weighted by atomic mass is 10.1. The first-order valence-electron chi connectivity index (χ1n) is 9.02. The highest BCUT2D eigenvalue weighted by molar-refractivity contribution is 6.06. The van der Waals surface area contributed by atoms with Gasteiger partial charge in [0.1, 0.15) is 0 Å². The largest absolute Gasteiger partial charge is 0.499 e. The molecule has 0 aliphatic rings. The Morgan fingerprint density at radius 1 is 0.929 bits per heavy atom. The molecule has 0 radical (unpaired) electrons. The molecule has 0 saturated heterocycles. The van der Waals surface area contributed by atoms with Gasteiger partial charge in [0.05, 0.1) is 27.0 Å². The molecule has 1 aromatic heterocycles. The van der Waals surface area contributed by atoms with Gasteiger partial charge in [0.2, 0.25) is 0 Å². The summed E-state index contributed by atoms with van der Waals surface area (Å²) in [6.07, 6.45) is 0. The number of carbonyl (C=O) groups excluding carboxylic acids is 1. The minimum atomic E-state index is 0.0433. The highest BCUT2D eigenvalue weighted by atomic mass is 16.5. The second-order valence-corrected chi connectivity index (χ2v) is 6.47. The molecule has 0 fully saturated rings. The fourth-order valence-electron chi connectivity index (χ4n) is 3.13. The minimum Gasteiger partial charge on any atom is -0.499 e. The van der Waals surface area contributed by atoms with Gasteiger partial charge in [0.25, 0.3) is 5.78 Å². The molecule has 0 unspecified atom stereocenters. The maximum absolute atomic E-state index is 12.6. The second-order valence-electron chi connectivity index (χ2n) is 6.47. The van der Waals surface area contributed by atoms with Crippen LogP contribution in [0.5, 0.6) is 5.75 Å². The molecule has 1 heterocycles. The van der Waals surface area contributed by atoms with Crippen molar-refractivity contribution >= 4 is 16.8 Å². The summed E-state index contributed by atoms with van der Waals surface area (Å²) in [6.45, 7) is 3.74. The Kier molecular flexibility index (Phi) is 5.80. The predicted octanol–water partition coefficient (Wildman–Crippen LogP) is 4.11. The van der Waals surface area contributed by atoms with Gasteiger partial charge in [0.15, 0.2) is 11.0 Å². The number of para-hydroxylation sites is 2. The van der Waals surface area contributed by atoms with Gasteiger partial charge in [-0.25, -0.2) is 9.13 Å². The predicted molar refractivity (Wildman–Crippen MR) is 111 cm³/mol. The summed E-state index contributed by atoms with van der Waals surface area (Å²) >= 11 is 0. The molecule has 4 rings (SSSR count). The van der Waals surface area contributed by atoms with Crippen molar-refractivity contribution in [3.63, 3.8) is 0 Å². The van der Waals surface area contributed by atoms with Crippen LogP contribution in [0.4, 0.5) is 0 Å². The summed E-state index contributed by atoms with van der Waals surface area (Å²) in [5.41, 5.74) is 3.84. The van der Waals surface area contributed by atoms with E-state index >= 15 is 0 Å². The van der Waals surface area contributed by atoms with Crippen LogP contribution in [-0.4, -0.2) is 17.5 Å². The van der Waals surface area contributed by atoms with E-state index in [0.29, 0.717) is 11.4 Å². The average Bonchev–Trinajstić information content (AvgIpc) is 3.00. The van der Waals surface area contributed by atoms with Crippen molar-refractivity contribution in [3.8, 4) is 5.75 Å². The monoisotopic (exact) mass is 372 g/mol. The lowest BCUT2D eigenvalue weighted by molar-refractivity contribution is -0.647. The van der Waals surface area contributed by atoms with E-state index in [4.69, 9.17) is 4.74 Å². The fraction of sp³-hybridized carbons (Fsp3) is 0.125. The van der Waals surface area contributed by atoms with Gasteiger partial charge in [-0.2, -0.15) is 24.6 Å². The van der Waals surface area contributed by atoms with Crippen molar-refractivity contribution in [2.45, 2.75) is 0 Å². The number of benzene rings is 3. The zero-order valence-corrected chi connectivity index (χ0v) is 16.4. The van der Waals surface area contributed by atoms with E-state index in [1.54, 1.807) is 7.11 Å². The number of carbonyl (C=O) groups is 1. The van der Waals surface area contributed by atoms with E-state index in [1.165, 1.54) is 0 Å². The van der Waals surface area contributed by atoms with Crippen LogP contribution in [-0.2, 0) is 14.1 Å². The molecular formula is C24H24N2O2. The number of ketones is 1. The van der Waals surface area contributed by atoms with E-state index in [0.717, 1.165) is 22.3 Å². The van der Waals surface area contributed by atoms with Gasteiger partial charge in [-0.3, -0.25) is 4.79 Å². The number of aryl methyl sites for hydroxylation is 2. The van der Waals surface area contributed by atoms with Crippen molar-refractivity contribution in [2.24, 2.45) is 14.1 Å². The van der Waals surface area contributed by atoms with E-state index in [1.807, 2.05) is 102 Å². The van der Waals surface area contributed by atoms with Crippen molar-refractivity contribution in [3.05, 3.63) is 103 Å². The molecule has 0 atom stereocenters. The van der Waals surface area contributed by atoms with Crippen LogP contribution < -0.4 is 9.30 Å². The number of fused-ring (bicyclic) bond motifs is 1. The summed E-state index contributed by atoms with van der Waals surface area (Å²) in [5, 5.41) is 0. The van der Waals surface area contributed by atoms with E-state index in [2.05, 4.69) is 6.92 Å². The maximum Gasteiger partial charge on any atom is 0.331 e. The van der Waals surface area contributed by atoms with E-state index < -0.39 is 0 Å². The SMILES string of the molecule is Cn1c(C(=O)c2ccccc2)[n+](C)c2ccccc21.[CH2-]c1ccc(OC)cc1. The molecule has 4 heteroatoms. The summed E-state index contributed by atoms with van der Waals surface area (Å²) in [4.78, 5) is 12.6. The van der Waals surface area contributed by atoms with Crippen LogP contribution in [0.2, 0.25) is 0 Å². The van der Waals surface area contributed by atoms with Crippen LogP contribution in [0.25, 0.3) is 11.0 Å². The molecule has 3 aromatic carbocycles. The van der Waals surface area contributed by atoms with Gasteiger partial charge in [-0.15, -0.1) is 0 Å². The molecule has 0 aliphatic carbocycles. The molecular weight excluding hydrogens is 348 g/mol. The molecule has 0 N–H and O–H groups in total. The Labute approximate surface area is 165 Å². The van der Waals surface area contributed by atoms with Gasteiger partial charge in [-0.05, 0) is 12.1 Å². The fourth-order valence-corrected chi connectivity index (χ4v) is 3.13. The Balaban J connectivity index is 0.000000211. The average molecular weight is 372 g/mol. The molecule has 4 aromatic rings. The third-order valence-corrected chi connectivity index (χ3v) is 4.64. The highest BCUT2D eigenvalue weighted by Gasteiger charge is 2.27. The number of methoxy groups -OCH3 is 1. The van der Waals surface area contributed by atoms with Crippen molar-refractivity contribution in [1.29, 1.82) is 0 Å². The van der Waals surface area contributed by atoms with Crippen molar-refractivity contribution in [1.82, 2.24) is 4.57 Å². The molecule has 4 nitrogen and oxygen atoms in total. The molecule has 0 aliphatic heterocycles. The first-order valence-corrected chi connectivity index (χ1v) is 9.02. The minimum absolute atomic E-state index is 0.0433. The number of rotatable bonds is 3. The Morgan fingerprint density at radius 3 is 2.14 bits per heavy atom. The third-order valence-electron chi connectivity index (χ3n) is 4.64. The summed E-state index contributed by atoms with van der Waals surface area (Å²) in [7, 11) is 5.51.